The van der Waals surface area contributed by atoms with Gasteiger partial charge in [-0.3, -0.25) is 4.79 Å². The van der Waals surface area contributed by atoms with Crippen LogP contribution in [0, 0.1) is 6.92 Å². The maximum Gasteiger partial charge on any atom is 0.144 e. The molecule has 104 valence electrons. The highest BCUT2D eigenvalue weighted by Gasteiger charge is 2.36. The monoisotopic (exact) mass is 264 g/mol. The molecular formula is C15H20O4. The van der Waals surface area contributed by atoms with Gasteiger partial charge in [0.2, 0.25) is 0 Å². The van der Waals surface area contributed by atoms with Crippen LogP contribution in [-0.2, 0) is 4.79 Å². The molecule has 1 aromatic rings. The van der Waals surface area contributed by atoms with Crippen molar-refractivity contribution in [2.75, 3.05) is 0 Å². The molecule has 4 nitrogen and oxygen atoms in total. The molecule has 0 aromatic heterocycles. The van der Waals surface area contributed by atoms with Crippen LogP contribution in [0.1, 0.15) is 44.2 Å². The lowest BCUT2D eigenvalue weighted by Gasteiger charge is -2.28. The Labute approximate surface area is 113 Å². The van der Waals surface area contributed by atoms with E-state index in [1.165, 1.54) is 0 Å². The van der Waals surface area contributed by atoms with E-state index in [1.807, 2.05) is 0 Å². The highest BCUT2D eigenvalue weighted by Crippen LogP contribution is 2.38. The normalized spacial score (nSPS) is 23.5. The lowest BCUT2D eigenvalue weighted by molar-refractivity contribution is -0.124. The van der Waals surface area contributed by atoms with Crippen LogP contribution in [0.4, 0.5) is 0 Å². The molecule has 1 aliphatic heterocycles. The summed E-state index contributed by atoms with van der Waals surface area (Å²) in [6, 6.07) is 3.30. The van der Waals surface area contributed by atoms with Crippen molar-refractivity contribution in [3.05, 3.63) is 23.3 Å². The summed E-state index contributed by atoms with van der Waals surface area (Å²) in [6.07, 6.45) is -0.410. The fraction of sp³-hybridized carbons (Fsp3) is 0.533. The molecule has 0 saturated heterocycles. The number of Topliss-reactive ketones (excluding diaryl/α,β-unsaturated/α-hetero) is 1. The second kappa shape index (κ2) is 4.53. The van der Waals surface area contributed by atoms with Crippen LogP contribution >= 0.6 is 0 Å². The predicted molar refractivity (Wildman–Crippen MR) is 71.6 cm³/mol. The second-order valence-corrected chi connectivity index (χ2v) is 5.83. The number of ketones is 1. The summed E-state index contributed by atoms with van der Waals surface area (Å²) in [4.78, 5) is 12.2. The molecule has 0 amide bonds. The van der Waals surface area contributed by atoms with Crippen LogP contribution in [0.5, 0.6) is 11.5 Å². The third-order valence-corrected chi connectivity index (χ3v) is 3.72. The van der Waals surface area contributed by atoms with E-state index in [-0.39, 0.29) is 23.9 Å². The molecule has 0 spiro atoms. The lowest BCUT2D eigenvalue weighted by Crippen LogP contribution is -2.41. The molecule has 2 N–H and O–H groups in total. The van der Waals surface area contributed by atoms with Crippen LogP contribution in [0.3, 0.4) is 0 Å². The topological polar surface area (TPSA) is 66.8 Å². The lowest BCUT2D eigenvalue weighted by atomic mass is 9.90. The first-order valence-corrected chi connectivity index (χ1v) is 6.45. The summed E-state index contributed by atoms with van der Waals surface area (Å²) in [5, 5.41) is 19.9. The molecule has 2 atom stereocenters. The van der Waals surface area contributed by atoms with Crippen molar-refractivity contribution in [2.45, 2.75) is 51.7 Å². The van der Waals surface area contributed by atoms with Crippen LogP contribution in [0.2, 0.25) is 0 Å². The van der Waals surface area contributed by atoms with Gasteiger partial charge in [0.05, 0.1) is 5.60 Å². The second-order valence-electron chi connectivity index (χ2n) is 5.83. The van der Waals surface area contributed by atoms with E-state index in [0.29, 0.717) is 16.9 Å². The SMILES string of the molecule is Cc1cc2c(cc1O)C(C)C(=O)CC(C(C)(C)O)O2. The zero-order chi connectivity index (χ0) is 14.4. The van der Waals surface area contributed by atoms with E-state index in [0.717, 1.165) is 0 Å². The Morgan fingerprint density at radius 1 is 1.37 bits per heavy atom. The fourth-order valence-corrected chi connectivity index (χ4v) is 2.25. The van der Waals surface area contributed by atoms with Gasteiger partial charge in [-0.25, -0.2) is 0 Å². The van der Waals surface area contributed by atoms with E-state index >= 15 is 0 Å². The Morgan fingerprint density at radius 3 is 2.58 bits per heavy atom. The van der Waals surface area contributed by atoms with Gasteiger partial charge in [-0.15, -0.1) is 0 Å². The van der Waals surface area contributed by atoms with Crippen LogP contribution < -0.4 is 4.74 Å². The molecule has 1 heterocycles. The molecule has 0 aliphatic carbocycles. The Hall–Kier alpha value is -1.55. The Bertz CT molecular complexity index is 514. The molecule has 19 heavy (non-hydrogen) atoms. The zero-order valence-corrected chi connectivity index (χ0v) is 11.7. The maximum absolute atomic E-state index is 12.2. The molecule has 1 aromatic carbocycles. The minimum absolute atomic E-state index is 0.00845. The highest BCUT2D eigenvalue weighted by molar-refractivity contribution is 5.87. The van der Waals surface area contributed by atoms with Gasteiger partial charge in [-0.2, -0.15) is 0 Å². The molecule has 0 radical (unpaired) electrons. The Morgan fingerprint density at radius 2 is 2.00 bits per heavy atom. The number of aryl methyl sites for hydroxylation is 1. The Kier molecular flexibility index (Phi) is 3.31. The Balaban J connectivity index is 2.52. The number of hydrogen-bond acceptors (Lipinski definition) is 4. The molecule has 2 unspecified atom stereocenters. The number of carbonyl (C=O) groups excluding carboxylic acids is 1. The van der Waals surface area contributed by atoms with Gasteiger partial charge in [-0.05, 0) is 38.5 Å². The van der Waals surface area contributed by atoms with Crippen molar-refractivity contribution < 1.29 is 19.7 Å². The zero-order valence-electron chi connectivity index (χ0n) is 11.7. The van der Waals surface area contributed by atoms with Crippen molar-refractivity contribution in [2.24, 2.45) is 0 Å². The number of hydrogen-bond donors (Lipinski definition) is 2. The van der Waals surface area contributed by atoms with Gasteiger partial charge >= 0.3 is 0 Å². The average molecular weight is 264 g/mol. The van der Waals surface area contributed by atoms with Crippen LogP contribution in [0.15, 0.2) is 12.1 Å². The third kappa shape index (κ3) is 2.59. The number of rotatable bonds is 1. The first kappa shape index (κ1) is 13.9. The summed E-state index contributed by atoms with van der Waals surface area (Å²) < 4.78 is 5.82. The van der Waals surface area contributed by atoms with Gasteiger partial charge in [0.25, 0.3) is 0 Å². The van der Waals surface area contributed by atoms with Crippen molar-refractivity contribution in [3.8, 4) is 11.5 Å². The van der Waals surface area contributed by atoms with E-state index in [1.54, 1.807) is 39.8 Å². The van der Waals surface area contributed by atoms with Gasteiger partial charge in [-0.1, -0.05) is 6.92 Å². The molecule has 0 bridgehead atoms. The molecule has 0 saturated carbocycles. The minimum Gasteiger partial charge on any atom is -0.508 e. The van der Waals surface area contributed by atoms with Gasteiger partial charge in [0.1, 0.15) is 23.4 Å². The van der Waals surface area contributed by atoms with E-state index in [2.05, 4.69) is 0 Å². The number of phenolic OH excluding ortho intramolecular Hbond substituents is 1. The van der Waals surface area contributed by atoms with E-state index in [9.17, 15) is 15.0 Å². The smallest absolute Gasteiger partial charge is 0.144 e. The predicted octanol–water partition coefficient (Wildman–Crippen LogP) is 2.30. The van der Waals surface area contributed by atoms with Gasteiger partial charge < -0.3 is 14.9 Å². The van der Waals surface area contributed by atoms with Crippen molar-refractivity contribution in [3.63, 3.8) is 0 Å². The summed E-state index contributed by atoms with van der Waals surface area (Å²) in [7, 11) is 0. The summed E-state index contributed by atoms with van der Waals surface area (Å²) >= 11 is 0. The number of phenols is 1. The number of aromatic hydroxyl groups is 1. The van der Waals surface area contributed by atoms with E-state index in [4.69, 9.17) is 4.74 Å². The fourth-order valence-electron chi connectivity index (χ4n) is 2.25. The summed E-state index contributed by atoms with van der Waals surface area (Å²) in [6.45, 7) is 6.84. The summed E-state index contributed by atoms with van der Waals surface area (Å²) in [5.74, 6) is 0.396. The van der Waals surface area contributed by atoms with E-state index < -0.39 is 11.7 Å². The molecule has 1 aliphatic rings. The highest BCUT2D eigenvalue weighted by atomic mass is 16.5. The van der Waals surface area contributed by atoms with Crippen molar-refractivity contribution >= 4 is 5.78 Å². The standard InChI is InChI=1S/C15H20O4/c1-8-5-13-10(6-11(8)16)9(2)12(17)7-14(19-13)15(3,4)18/h5-6,9,14,16,18H,7H2,1-4H3. The quantitative estimate of drug-likeness (QED) is 0.816. The number of benzene rings is 1. The number of ether oxygens (including phenoxy) is 1. The van der Waals surface area contributed by atoms with Crippen LogP contribution in [-0.4, -0.2) is 27.7 Å². The largest absolute Gasteiger partial charge is 0.508 e. The van der Waals surface area contributed by atoms with Crippen molar-refractivity contribution in [1.82, 2.24) is 0 Å². The van der Waals surface area contributed by atoms with Crippen molar-refractivity contribution in [1.29, 1.82) is 0 Å². The van der Waals surface area contributed by atoms with Gasteiger partial charge in [0, 0.05) is 17.9 Å². The molecule has 0 fully saturated rings. The number of fused-ring (bicyclic) bond motifs is 1. The molecular weight excluding hydrogens is 244 g/mol. The third-order valence-electron chi connectivity index (χ3n) is 3.72. The minimum atomic E-state index is -1.09. The first-order chi connectivity index (χ1) is 8.70. The number of carbonyl (C=O) groups is 1. The molecule has 2 rings (SSSR count). The van der Waals surface area contributed by atoms with Gasteiger partial charge in [0.15, 0.2) is 0 Å². The van der Waals surface area contributed by atoms with Crippen LogP contribution in [0.25, 0.3) is 0 Å². The number of aliphatic hydroxyl groups is 1. The average Bonchev–Trinajstić information content (AvgIpc) is 2.40. The maximum atomic E-state index is 12.2. The summed E-state index contributed by atoms with van der Waals surface area (Å²) in [5.41, 5.74) is 0.276. The molecule has 4 heteroatoms. The first-order valence-electron chi connectivity index (χ1n) is 6.45.